The molecule has 0 saturated carbocycles. The average molecular weight is 237 g/mol. The van der Waals surface area contributed by atoms with Crippen LogP contribution in [0, 0.1) is 6.07 Å². The fraction of sp³-hybridized carbons (Fsp3) is 0. The molecule has 0 heterocycles. The number of hydrogen-bond acceptors (Lipinski definition) is 0. The van der Waals surface area contributed by atoms with Gasteiger partial charge < -0.3 is 0 Å². The fourth-order valence-corrected chi connectivity index (χ4v) is 0.342. The largest absolute Gasteiger partial charge is 0.184 e. The van der Waals surface area contributed by atoms with Crippen molar-refractivity contribution in [1.82, 2.24) is 0 Å². The molecule has 0 aromatic heterocycles. The molecule has 1 radical (unpaired) electrons. The molecule has 0 nitrogen and oxygen atoms in total. The van der Waals surface area contributed by atoms with Crippen molar-refractivity contribution in [3.8, 4) is 0 Å². The van der Waals surface area contributed by atoms with E-state index < -0.39 is 0 Å². The van der Waals surface area contributed by atoms with Crippen LogP contribution < -0.4 is 0 Å². The van der Waals surface area contributed by atoms with Gasteiger partial charge in [-0.1, -0.05) is 0 Å². The Kier molecular flexibility index (Phi) is 36.6. The molecule has 0 saturated heterocycles. The van der Waals surface area contributed by atoms with E-state index in [1.165, 1.54) is 0 Å². The Morgan fingerprint density at radius 3 is 1.20 bits per heavy atom. The van der Waals surface area contributed by atoms with E-state index in [-0.39, 0.29) is 55.8 Å². The first kappa shape index (κ1) is 22.4. The fourth-order valence-electron chi connectivity index (χ4n) is 0.342. The van der Waals surface area contributed by atoms with Gasteiger partial charge in [0.15, 0.2) is 0 Å². The summed E-state index contributed by atoms with van der Waals surface area (Å²) in [6.07, 6.45) is 0. The molecule has 0 aliphatic rings. The number of hydrogen-bond donors (Lipinski definition) is 0. The summed E-state index contributed by atoms with van der Waals surface area (Å²) in [5.74, 6) is 0. The molecule has 0 bridgehead atoms. The zero-order valence-electron chi connectivity index (χ0n) is 5.06. The van der Waals surface area contributed by atoms with E-state index in [0.717, 1.165) is 0 Å². The molecule has 1 aromatic carbocycles. The Morgan fingerprint density at radius 2 is 1.10 bits per heavy atom. The van der Waals surface area contributed by atoms with Crippen LogP contribution in [-0.4, -0.2) is 0 Å². The van der Waals surface area contributed by atoms with E-state index in [9.17, 15) is 0 Å². The number of benzene rings is 1. The van der Waals surface area contributed by atoms with Gasteiger partial charge in [-0.15, -0.1) is 37.2 Å². The van der Waals surface area contributed by atoms with Gasteiger partial charge in [-0.3, -0.25) is 0 Å². The topological polar surface area (TPSA) is 0 Å². The van der Waals surface area contributed by atoms with Gasteiger partial charge in [0.05, 0.1) is 0 Å². The van der Waals surface area contributed by atoms with Crippen molar-refractivity contribution < 1.29 is 18.6 Å². The Hall–Kier alpha value is 0.674. The van der Waals surface area contributed by atoms with E-state index in [0.29, 0.717) is 0 Å². The van der Waals surface area contributed by atoms with Gasteiger partial charge in [0.1, 0.15) is 0 Å². The number of rotatable bonds is 0. The third-order valence-corrected chi connectivity index (χ3v) is 0.607. The van der Waals surface area contributed by atoms with E-state index in [4.69, 9.17) is 0 Å². The molecule has 0 amide bonds. The molecule has 0 unspecified atom stereocenters. The zero-order chi connectivity index (χ0) is 4.24. The maximum Gasteiger partial charge on any atom is 0 e. The second-order valence-corrected chi connectivity index (χ2v) is 1.08. The molecule has 1 rings (SSSR count). The predicted octanol–water partition coefficient (Wildman–Crippen LogP) is 2.75. The van der Waals surface area contributed by atoms with Gasteiger partial charge in [-0.25, -0.2) is 0 Å². The Balaban J connectivity index is -0.0000000450. The van der Waals surface area contributed by atoms with Gasteiger partial charge >= 0.3 is 0 Å². The Bertz CT molecular complexity index is 84.9. The molecule has 59 valence electrons. The van der Waals surface area contributed by atoms with Gasteiger partial charge in [0.2, 0.25) is 0 Å². The van der Waals surface area contributed by atoms with Gasteiger partial charge in [0.25, 0.3) is 0 Å². The minimum atomic E-state index is 0. The van der Waals surface area contributed by atoms with Crippen LogP contribution in [0.2, 0.25) is 0 Å². The molecule has 0 N–H and O–H groups in total. The smallest absolute Gasteiger partial charge is 0 e. The van der Waals surface area contributed by atoms with E-state index in [1.807, 2.05) is 30.3 Å². The van der Waals surface area contributed by atoms with Crippen LogP contribution >= 0.6 is 37.2 Å². The Labute approximate surface area is 91.9 Å². The van der Waals surface area contributed by atoms with Gasteiger partial charge in [-0.05, 0) is 0 Å². The molecular weight excluding hydrogens is 229 g/mol. The second kappa shape index (κ2) is 16.3. The van der Waals surface area contributed by atoms with Crippen molar-refractivity contribution in [2.45, 2.75) is 0 Å². The molecule has 0 spiro atoms. The quantitative estimate of drug-likeness (QED) is 0.609. The molecule has 0 aliphatic heterocycles. The van der Waals surface area contributed by atoms with Crippen LogP contribution in [0.5, 0.6) is 0 Å². The molecule has 0 fully saturated rings. The molecule has 10 heavy (non-hydrogen) atoms. The predicted molar refractivity (Wildman–Crippen MR) is 47.0 cm³/mol. The Morgan fingerprint density at radius 1 is 0.700 bits per heavy atom. The zero-order valence-corrected chi connectivity index (χ0v) is 8.90. The molecule has 1 aromatic rings. The van der Waals surface area contributed by atoms with Gasteiger partial charge in [0, 0.05) is 18.6 Å². The summed E-state index contributed by atoms with van der Waals surface area (Å²) in [5, 5.41) is 0. The van der Waals surface area contributed by atoms with E-state index >= 15 is 0 Å². The van der Waals surface area contributed by atoms with Crippen molar-refractivity contribution in [3.05, 3.63) is 36.4 Å². The summed E-state index contributed by atoms with van der Waals surface area (Å²) >= 11 is 0. The first-order valence-corrected chi connectivity index (χ1v) is 1.91. The third-order valence-electron chi connectivity index (χ3n) is 0.607. The van der Waals surface area contributed by atoms with Crippen LogP contribution in [0.1, 0.15) is 0 Å². The van der Waals surface area contributed by atoms with E-state index in [2.05, 4.69) is 6.07 Å². The van der Waals surface area contributed by atoms with Crippen LogP contribution in [0.4, 0.5) is 0 Å². The monoisotopic (exact) mass is 236 g/mol. The minimum absolute atomic E-state index is 0. The van der Waals surface area contributed by atoms with Crippen molar-refractivity contribution >= 4 is 37.2 Å². The van der Waals surface area contributed by atoms with Crippen LogP contribution in [0.15, 0.2) is 30.3 Å². The SMILES string of the molecule is Cl.Cl.Cl.[V].[c-]1ccccc1. The summed E-state index contributed by atoms with van der Waals surface area (Å²) in [4.78, 5) is 0. The molecule has 0 atom stereocenters. The van der Waals surface area contributed by atoms with Crippen molar-refractivity contribution in [1.29, 1.82) is 0 Å². The third kappa shape index (κ3) is 11.5. The average Bonchev–Trinajstić information content (AvgIpc) is 1.72. The van der Waals surface area contributed by atoms with Crippen molar-refractivity contribution in [3.63, 3.8) is 0 Å². The van der Waals surface area contributed by atoms with Crippen LogP contribution in [-0.2, 0) is 18.6 Å². The second-order valence-electron chi connectivity index (χ2n) is 1.08. The summed E-state index contributed by atoms with van der Waals surface area (Å²) in [6, 6.07) is 12.5. The molecule has 0 aliphatic carbocycles. The van der Waals surface area contributed by atoms with Gasteiger partial charge in [-0.2, -0.15) is 36.4 Å². The summed E-state index contributed by atoms with van der Waals surface area (Å²) in [7, 11) is 0. The van der Waals surface area contributed by atoms with Crippen molar-refractivity contribution in [2.75, 3.05) is 0 Å². The molecule has 4 heteroatoms. The first-order valence-electron chi connectivity index (χ1n) is 1.91. The van der Waals surface area contributed by atoms with Crippen molar-refractivity contribution in [2.24, 2.45) is 0 Å². The maximum absolute atomic E-state index is 2.89. The summed E-state index contributed by atoms with van der Waals surface area (Å²) in [5.41, 5.74) is 0. The van der Waals surface area contributed by atoms with Crippen LogP contribution in [0.25, 0.3) is 0 Å². The minimum Gasteiger partial charge on any atom is -0.184 e. The standard InChI is InChI=1S/C6H5.3ClH.V/c1-2-4-6-5-3-1;;;;/h1-5H;3*1H;/q-1;;;;. The summed E-state index contributed by atoms with van der Waals surface area (Å²) < 4.78 is 0. The van der Waals surface area contributed by atoms with E-state index in [1.54, 1.807) is 0 Å². The normalized spacial score (nSPS) is 4.80. The number of halogens is 3. The van der Waals surface area contributed by atoms with Crippen LogP contribution in [0.3, 0.4) is 0 Å². The summed E-state index contributed by atoms with van der Waals surface area (Å²) in [6.45, 7) is 0. The maximum atomic E-state index is 2.89. The molecular formula is C6H8Cl3V-. The first-order chi connectivity index (χ1) is 3.00.